The molecule has 1 aliphatic rings. The monoisotopic (exact) mass is 470 g/mol. The van der Waals surface area contributed by atoms with Crippen LogP contribution in [0.25, 0.3) is 16.6 Å². The van der Waals surface area contributed by atoms with Crippen molar-refractivity contribution in [1.82, 2.24) is 14.5 Å². The minimum absolute atomic E-state index is 0.0726. The van der Waals surface area contributed by atoms with Gasteiger partial charge in [-0.1, -0.05) is 42.5 Å². The van der Waals surface area contributed by atoms with E-state index in [-0.39, 0.29) is 5.91 Å². The van der Waals surface area contributed by atoms with Crippen molar-refractivity contribution in [2.45, 2.75) is 32.7 Å². The van der Waals surface area contributed by atoms with Gasteiger partial charge in [0.2, 0.25) is 0 Å². The van der Waals surface area contributed by atoms with E-state index in [1.807, 2.05) is 36.0 Å². The van der Waals surface area contributed by atoms with Gasteiger partial charge < -0.3 is 9.88 Å². The summed E-state index contributed by atoms with van der Waals surface area (Å²) in [5.74, 6) is -0.0726. The van der Waals surface area contributed by atoms with E-state index in [1.165, 1.54) is 28.9 Å². The number of aromatic nitrogens is 2. The fraction of sp³-hybridized carbons (Fsp3) is 0.286. The van der Waals surface area contributed by atoms with Gasteiger partial charge in [-0.15, -0.1) is 11.3 Å². The zero-order chi connectivity index (χ0) is 23.3. The Morgan fingerprint density at radius 2 is 1.94 bits per heavy atom. The molecule has 2 aromatic heterocycles. The number of anilines is 1. The zero-order valence-electron chi connectivity index (χ0n) is 19.5. The van der Waals surface area contributed by atoms with Gasteiger partial charge >= 0.3 is 0 Å². The number of unbranched alkanes of at least 4 members (excludes halogenated alkanes) is 1. The topological polar surface area (TPSA) is 50.2 Å². The standard InChI is InChI=1S/C28H30N4OS/c1-21-18-24(30-28(33)26-10-7-17-34-26)19-25-27(21)32(20-29-25)14-6-5-13-31-15-11-23(12-16-31)22-8-3-2-4-9-22/h2-4,7-11,17-20H,5-6,12-16H2,1H3,(H,30,33). The highest BCUT2D eigenvalue weighted by Crippen LogP contribution is 2.25. The van der Waals surface area contributed by atoms with Gasteiger partial charge in [-0.05, 0) is 73.0 Å². The normalized spacial score (nSPS) is 14.3. The molecule has 1 aliphatic heterocycles. The average molecular weight is 471 g/mol. The summed E-state index contributed by atoms with van der Waals surface area (Å²) in [6, 6.07) is 18.5. The number of carbonyl (C=O) groups is 1. The Hall–Kier alpha value is -3.22. The molecule has 174 valence electrons. The van der Waals surface area contributed by atoms with Gasteiger partial charge in [-0.3, -0.25) is 9.69 Å². The third kappa shape index (κ3) is 5.13. The van der Waals surface area contributed by atoms with Crippen LogP contribution in [0.1, 0.15) is 40.1 Å². The summed E-state index contributed by atoms with van der Waals surface area (Å²) in [7, 11) is 0. The summed E-state index contributed by atoms with van der Waals surface area (Å²) in [6.07, 6.45) is 7.73. The van der Waals surface area contributed by atoms with Crippen molar-refractivity contribution >= 4 is 39.5 Å². The molecule has 0 atom stereocenters. The largest absolute Gasteiger partial charge is 0.330 e. The van der Waals surface area contributed by atoms with E-state index in [9.17, 15) is 4.79 Å². The molecule has 0 radical (unpaired) electrons. The van der Waals surface area contributed by atoms with E-state index in [0.29, 0.717) is 4.88 Å². The molecule has 1 N–H and O–H groups in total. The van der Waals surface area contributed by atoms with Crippen LogP contribution in [0.4, 0.5) is 5.69 Å². The Balaban J connectivity index is 1.14. The number of fused-ring (bicyclic) bond motifs is 1. The second-order valence-electron chi connectivity index (χ2n) is 8.88. The molecule has 0 aliphatic carbocycles. The fourth-order valence-corrected chi connectivity index (χ4v) is 5.33. The van der Waals surface area contributed by atoms with Crippen molar-refractivity contribution < 1.29 is 4.79 Å². The van der Waals surface area contributed by atoms with E-state index in [1.54, 1.807) is 0 Å². The first-order chi connectivity index (χ1) is 16.7. The van der Waals surface area contributed by atoms with Crippen LogP contribution in [0, 0.1) is 6.92 Å². The van der Waals surface area contributed by atoms with Gasteiger partial charge in [0, 0.05) is 25.3 Å². The molecule has 0 unspecified atom stereocenters. The minimum Gasteiger partial charge on any atom is -0.330 e. The van der Waals surface area contributed by atoms with E-state index in [0.717, 1.165) is 61.3 Å². The number of thiophene rings is 1. The molecule has 4 aromatic rings. The Labute approximate surface area is 204 Å². The van der Waals surface area contributed by atoms with E-state index in [4.69, 9.17) is 0 Å². The second kappa shape index (κ2) is 10.4. The number of imidazole rings is 1. The number of carbonyl (C=O) groups excluding carboxylic acids is 1. The maximum atomic E-state index is 12.4. The molecule has 3 heterocycles. The number of nitrogens with zero attached hydrogens (tertiary/aromatic N) is 3. The molecule has 0 fully saturated rings. The molecule has 0 saturated carbocycles. The predicted molar refractivity (Wildman–Crippen MR) is 141 cm³/mol. The summed E-state index contributed by atoms with van der Waals surface area (Å²) in [5.41, 5.74) is 6.84. The molecule has 1 amide bonds. The molecular weight excluding hydrogens is 440 g/mol. The first-order valence-corrected chi connectivity index (χ1v) is 12.8. The van der Waals surface area contributed by atoms with E-state index >= 15 is 0 Å². The maximum absolute atomic E-state index is 12.4. The summed E-state index contributed by atoms with van der Waals surface area (Å²) in [6.45, 7) is 6.34. The summed E-state index contributed by atoms with van der Waals surface area (Å²) in [5, 5.41) is 4.91. The lowest BCUT2D eigenvalue weighted by molar-refractivity contribution is 0.103. The molecule has 34 heavy (non-hydrogen) atoms. The van der Waals surface area contributed by atoms with Crippen LogP contribution in [0.3, 0.4) is 0 Å². The molecule has 6 heteroatoms. The van der Waals surface area contributed by atoms with Crippen molar-refractivity contribution in [2.75, 3.05) is 25.0 Å². The third-order valence-corrected chi connectivity index (χ3v) is 7.34. The smallest absolute Gasteiger partial charge is 0.265 e. The number of hydrogen-bond donors (Lipinski definition) is 1. The molecule has 0 bridgehead atoms. The van der Waals surface area contributed by atoms with Crippen molar-refractivity contribution in [1.29, 1.82) is 0 Å². The Morgan fingerprint density at radius 3 is 2.71 bits per heavy atom. The van der Waals surface area contributed by atoms with Crippen LogP contribution in [0.15, 0.2) is 72.4 Å². The van der Waals surface area contributed by atoms with Crippen LogP contribution in [-0.4, -0.2) is 40.0 Å². The third-order valence-electron chi connectivity index (χ3n) is 6.47. The molecule has 5 nitrogen and oxygen atoms in total. The first-order valence-electron chi connectivity index (χ1n) is 11.9. The van der Waals surface area contributed by atoms with Crippen LogP contribution in [0.2, 0.25) is 0 Å². The minimum atomic E-state index is -0.0726. The molecule has 0 spiro atoms. The Kier molecular flexibility index (Phi) is 6.88. The number of benzene rings is 2. The van der Waals surface area contributed by atoms with Crippen LogP contribution < -0.4 is 5.32 Å². The maximum Gasteiger partial charge on any atom is 0.265 e. The van der Waals surface area contributed by atoms with Crippen molar-refractivity contribution in [3.05, 3.63) is 88.4 Å². The van der Waals surface area contributed by atoms with Gasteiger partial charge in [0.25, 0.3) is 5.91 Å². The summed E-state index contributed by atoms with van der Waals surface area (Å²) >= 11 is 1.44. The summed E-state index contributed by atoms with van der Waals surface area (Å²) in [4.78, 5) is 20.3. The highest BCUT2D eigenvalue weighted by atomic mass is 32.1. The van der Waals surface area contributed by atoms with Crippen LogP contribution >= 0.6 is 11.3 Å². The lowest BCUT2D eigenvalue weighted by Crippen LogP contribution is -2.29. The van der Waals surface area contributed by atoms with Crippen molar-refractivity contribution in [3.8, 4) is 0 Å². The van der Waals surface area contributed by atoms with E-state index < -0.39 is 0 Å². The molecular formula is C28H30N4OS. The van der Waals surface area contributed by atoms with Gasteiger partial charge in [0.15, 0.2) is 0 Å². The van der Waals surface area contributed by atoms with Gasteiger partial charge in [0.05, 0.1) is 22.2 Å². The average Bonchev–Trinajstić information content (AvgIpc) is 3.54. The lowest BCUT2D eigenvalue weighted by atomic mass is 9.99. The van der Waals surface area contributed by atoms with Crippen molar-refractivity contribution in [2.24, 2.45) is 0 Å². The number of hydrogen-bond acceptors (Lipinski definition) is 4. The number of nitrogens with one attached hydrogen (secondary N) is 1. The Bertz CT molecular complexity index is 1290. The summed E-state index contributed by atoms with van der Waals surface area (Å²) < 4.78 is 2.25. The SMILES string of the molecule is Cc1cc(NC(=O)c2cccs2)cc2ncn(CCCCN3CC=C(c4ccccc4)CC3)c12. The molecule has 0 saturated heterocycles. The second-order valence-corrected chi connectivity index (χ2v) is 9.83. The van der Waals surface area contributed by atoms with Crippen LogP contribution in [0.5, 0.6) is 0 Å². The first kappa shape index (κ1) is 22.6. The van der Waals surface area contributed by atoms with E-state index in [2.05, 4.69) is 63.1 Å². The molecule has 2 aromatic carbocycles. The molecule has 5 rings (SSSR count). The number of rotatable bonds is 8. The van der Waals surface area contributed by atoms with Crippen LogP contribution in [-0.2, 0) is 6.54 Å². The Morgan fingerprint density at radius 1 is 1.09 bits per heavy atom. The zero-order valence-corrected chi connectivity index (χ0v) is 20.4. The number of aryl methyl sites for hydroxylation is 2. The lowest BCUT2D eigenvalue weighted by Gasteiger charge is -2.26. The fourth-order valence-electron chi connectivity index (χ4n) is 4.71. The highest BCUT2D eigenvalue weighted by Gasteiger charge is 2.14. The number of amides is 1. The predicted octanol–water partition coefficient (Wildman–Crippen LogP) is 6.23. The van der Waals surface area contributed by atoms with Gasteiger partial charge in [-0.2, -0.15) is 0 Å². The quantitative estimate of drug-likeness (QED) is 0.311. The highest BCUT2D eigenvalue weighted by molar-refractivity contribution is 7.12. The van der Waals surface area contributed by atoms with Crippen molar-refractivity contribution in [3.63, 3.8) is 0 Å². The van der Waals surface area contributed by atoms with Gasteiger partial charge in [-0.25, -0.2) is 4.98 Å². The van der Waals surface area contributed by atoms with Gasteiger partial charge in [0.1, 0.15) is 0 Å².